The van der Waals surface area contributed by atoms with Crippen LogP contribution < -0.4 is 0 Å². The van der Waals surface area contributed by atoms with Gasteiger partial charge in [0.25, 0.3) is 0 Å². The van der Waals surface area contributed by atoms with Gasteiger partial charge in [-0.25, -0.2) is 9.97 Å². The number of pyridine rings is 2. The first-order chi connectivity index (χ1) is 9.72. The van der Waals surface area contributed by atoms with Crippen LogP contribution in [-0.2, 0) is 0 Å². The van der Waals surface area contributed by atoms with Gasteiger partial charge >= 0.3 is 0 Å². The zero-order chi connectivity index (χ0) is 13.9. The summed E-state index contributed by atoms with van der Waals surface area (Å²) in [4.78, 5) is 17.4. The number of rotatable bonds is 2. The summed E-state index contributed by atoms with van der Waals surface area (Å²) in [7, 11) is 0. The molecule has 0 atom stereocenters. The van der Waals surface area contributed by atoms with Crippen molar-refractivity contribution in [3.63, 3.8) is 0 Å². The highest BCUT2D eigenvalue weighted by Gasteiger charge is 2.04. The normalized spacial score (nSPS) is 10.5. The van der Waals surface area contributed by atoms with E-state index < -0.39 is 0 Å². The molecule has 20 heavy (non-hydrogen) atoms. The second-order valence-corrected chi connectivity index (χ2v) is 4.74. The topological polar surface area (TPSA) is 51.6 Å². The molecule has 98 valence electrons. The van der Waals surface area contributed by atoms with E-state index in [1.807, 2.05) is 44.3 Å². The Bertz CT molecular complexity index is 636. The Balaban J connectivity index is 1.91. The van der Waals surface area contributed by atoms with Gasteiger partial charge in [0, 0.05) is 30.4 Å². The summed E-state index contributed by atoms with van der Waals surface area (Å²) < 4.78 is 0. The van der Waals surface area contributed by atoms with Gasteiger partial charge in [0.2, 0.25) is 0 Å². The van der Waals surface area contributed by atoms with Gasteiger partial charge in [0.05, 0.1) is 5.69 Å². The van der Waals surface area contributed by atoms with Crippen molar-refractivity contribution >= 4 is 0 Å². The molecule has 3 rings (SSSR count). The first-order valence-electron chi connectivity index (χ1n) is 6.40. The molecule has 0 N–H and O–H groups in total. The van der Waals surface area contributed by atoms with E-state index in [-0.39, 0.29) is 0 Å². The third-order valence-corrected chi connectivity index (χ3v) is 2.98. The fraction of sp³-hybridized carbons (Fsp3) is 0.125. The molecular weight excluding hydrogens is 248 g/mol. The van der Waals surface area contributed by atoms with Crippen LogP contribution in [0.3, 0.4) is 0 Å². The zero-order valence-corrected chi connectivity index (χ0v) is 11.4. The van der Waals surface area contributed by atoms with Crippen LogP contribution in [0.2, 0.25) is 0 Å². The summed E-state index contributed by atoms with van der Waals surface area (Å²) in [5.74, 6) is 0.638. The van der Waals surface area contributed by atoms with Crippen LogP contribution in [-0.4, -0.2) is 19.9 Å². The van der Waals surface area contributed by atoms with E-state index in [0.29, 0.717) is 5.82 Å². The molecule has 0 bridgehead atoms. The quantitative estimate of drug-likeness (QED) is 0.711. The largest absolute Gasteiger partial charge is 0.256 e. The highest BCUT2D eigenvalue weighted by molar-refractivity contribution is 5.61. The predicted octanol–water partition coefficient (Wildman–Crippen LogP) is 3.22. The zero-order valence-electron chi connectivity index (χ0n) is 11.4. The Morgan fingerprint density at radius 2 is 1.25 bits per heavy atom. The number of nitrogens with zero attached hydrogens (tertiary/aromatic N) is 4. The Kier molecular flexibility index (Phi) is 3.21. The Labute approximate surface area is 117 Å². The van der Waals surface area contributed by atoms with Crippen molar-refractivity contribution < 1.29 is 0 Å². The maximum absolute atomic E-state index is 4.41. The highest BCUT2D eigenvalue weighted by Crippen LogP contribution is 2.19. The van der Waals surface area contributed by atoms with Gasteiger partial charge in [-0.2, -0.15) is 0 Å². The van der Waals surface area contributed by atoms with E-state index in [4.69, 9.17) is 0 Å². The lowest BCUT2D eigenvalue weighted by Crippen LogP contribution is -1.92. The second-order valence-electron chi connectivity index (χ2n) is 4.74. The maximum Gasteiger partial charge on any atom is 0.178 e. The number of aromatic nitrogens is 4. The first kappa shape index (κ1) is 12.4. The third kappa shape index (κ3) is 2.54. The molecule has 3 aromatic rings. The molecule has 0 saturated heterocycles. The number of aryl methyl sites for hydroxylation is 2. The van der Waals surface area contributed by atoms with Crippen LogP contribution in [0.4, 0.5) is 0 Å². The Hall–Kier alpha value is -2.62. The molecule has 0 saturated carbocycles. The minimum absolute atomic E-state index is 0.638. The molecule has 0 aliphatic heterocycles. The van der Waals surface area contributed by atoms with E-state index >= 15 is 0 Å². The van der Waals surface area contributed by atoms with Crippen molar-refractivity contribution in [3.8, 4) is 22.8 Å². The Morgan fingerprint density at radius 3 is 1.85 bits per heavy atom. The van der Waals surface area contributed by atoms with Crippen LogP contribution in [0.1, 0.15) is 11.1 Å². The van der Waals surface area contributed by atoms with Gasteiger partial charge in [-0.3, -0.25) is 9.97 Å². The summed E-state index contributed by atoms with van der Waals surface area (Å²) in [6, 6.07) is 7.94. The van der Waals surface area contributed by atoms with Crippen LogP contribution in [0, 0.1) is 13.8 Å². The van der Waals surface area contributed by atoms with E-state index in [2.05, 4.69) is 19.9 Å². The first-order valence-corrected chi connectivity index (χ1v) is 6.40. The minimum Gasteiger partial charge on any atom is -0.256 e. The Morgan fingerprint density at radius 1 is 0.600 bits per heavy atom. The fourth-order valence-corrected chi connectivity index (χ4v) is 1.84. The monoisotopic (exact) mass is 262 g/mol. The standard InChI is InChI=1S/C16H14N4/c1-11-3-5-14(17-7-11)13-4-6-15(18-10-13)16-19-8-12(2)9-20-16/h3-10H,1-2H3. The molecule has 0 aliphatic rings. The van der Waals surface area contributed by atoms with Crippen LogP contribution >= 0.6 is 0 Å². The molecule has 0 aliphatic carbocycles. The van der Waals surface area contributed by atoms with Crippen molar-refractivity contribution in [2.24, 2.45) is 0 Å². The lowest BCUT2D eigenvalue weighted by Gasteiger charge is -2.03. The lowest BCUT2D eigenvalue weighted by molar-refractivity contribution is 1.11. The molecule has 4 nitrogen and oxygen atoms in total. The molecule has 0 fully saturated rings. The van der Waals surface area contributed by atoms with E-state index in [1.165, 1.54) is 0 Å². The van der Waals surface area contributed by atoms with E-state index in [1.54, 1.807) is 18.6 Å². The molecule has 0 radical (unpaired) electrons. The van der Waals surface area contributed by atoms with Crippen molar-refractivity contribution in [3.05, 3.63) is 60.2 Å². The lowest BCUT2D eigenvalue weighted by atomic mass is 10.1. The fourth-order valence-electron chi connectivity index (χ4n) is 1.84. The van der Waals surface area contributed by atoms with Crippen molar-refractivity contribution in [1.82, 2.24) is 19.9 Å². The smallest absolute Gasteiger partial charge is 0.178 e. The summed E-state index contributed by atoms with van der Waals surface area (Å²) in [5.41, 5.74) is 4.85. The predicted molar refractivity (Wildman–Crippen MR) is 78.0 cm³/mol. The summed E-state index contributed by atoms with van der Waals surface area (Å²) >= 11 is 0. The van der Waals surface area contributed by atoms with Crippen molar-refractivity contribution in [2.45, 2.75) is 13.8 Å². The molecule has 0 spiro atoms. The average Bonchev–Trinajstić information content (AvgIpc) is 2.49. The third-order valence-electron chi connectivity index (χ3n) is 2.98. The SMILES string of the molecule is Cc1ccc(-c2ccc(-c3ncc(C)cn3)nc2)nc1. The molecule has 3 aromatic heterocycles. The molecular formula is C16H14N4. The van der Waals surface area contributed by atoms with Gasteiger partial charge in [-0.1, -0.05) is 6.07 Å². The van der Waals surface area contributed by atoms with Crippen LogP contribution in [0.5, 0.6) is 0 Å². The minimum atomic E-state index is 0.638. The molecule has 4 heteroatoms. The summed E-state index contributed by atoms with van der Waals surface area (Å²) in [6.45, 7) is 3.98. The van der Waals surface area contributed by atoms with Gasteiger partial charge in [-0.15, -0.1) is 0 Å². The molecule has 0 unspecified atom stereocenters. The van der Waals surface area contributed by atoms with E-state index in [9.17, 15) is 0 Å². The number of hydrogen-bond acceptors (Lipinski definition) is 4. The van der Waals surface area contributed by atoms with E-state index in [0.717, 1.165) is 28.1 Å². The van der Waals surface area contributed by atoms with Crippen LogP contribution in [0.15, 0.2) is 49.1 Å². The second kappa shape index (κ2) is 5.17. The highest BCUT2D eigenvalue weighted by atomic mass is 14.9. The van der Waals surface area contributed by atoms with Gasteiger partial charge < -0.3 is 0 Å². The maximum atomic E-state index is 4.41. The molecule has 3 heterocycles. The van der Waals surface area contributed by atoms with Crippen molar-refractivity contribution in [2.75, 3.05) is 0 Å². The average molecular weight is 262 g/mol. The summed E-state index contributed by atoms with van der Waals surface area (Å²) in [6.07, 6.45) is 7.24. The van der Waals surface area contributed by atoms with Crippen LogP contribution in [0.25, 0.3) is 22.8 Å². The molecule has 0 aromatic carbocycles. The van der Waals surface area contributed by atoms with Gasteiger partial charge in [0.1, 0.15) is 5.69 Å². The summed E-state index contributed by atoms with van der Waals surface area (Å²) in [5, 5.41) is 0. The van der Waals surface area contributed by atoms with Crippen molar-refractivity contribution in [1.29, 1.82) is 0 Å². The van der Waals surface area contributed by atoms with Gasteiger partial charge in [-0.05, 0) is 43.2 Å². The van der Waals surface area contributed by atoms with Gasteiger partial charge in [0.15, 0.2) is 5.82 Å². The number of hydrogen-bond donors (Lipinski definition) is 0. The molecule has 0 amide bonds.